The predicted molar refractivity (Wildman–Crippen MR) is 115 cm³/mol. The Bertz CT molecular complexity index is 1230. The number of hydrogen-bond acceptors (Lipinski definition) is 3. The van der Waals surface area contributed by atoms with Crippen LogP contribution in [0, 0.1) is 6.92 Å². The lowest BCUT2D eigenvalue weighted by molar-refractivity contribution is 0.253. The van der Waals surface area contributed by atoms with Gasteiger partial charge in [0.2, 0.25) is 0 Å². The number of carbonyl (C=O) groups is 1. The second-order valence-corrected chi connectivity index (χ2v) is 9.29. The fraction of sp³-hybridized carbons (Fsp3) is 0.0952. The molecule has 0 aromatic heterocycles. The first kappa shape index (κ1) is 19.8. The van der Waals surface area contributed by atoms with Gasteiger partial charge in [0.15, 0.2) is 0 Å². The van der Waals surface area contributed by atoms with Crippen LogP contribution in [0.2, 0.25) is 10.0 Å². The number of fused-ring (bicyclic) bond motifs is 1. The number of amides is 2. The molecule has 5 nitrogen and oxygen atoms in total. The Kier molecular flexibility index (Phi) is 5.02. The van der Waals surface area contributed by atoms with E-state index in [0.29, 0.717) is 21.3 Å². The van der Waals surface area contributed by atoms with Gasteiger partial charge >= 0.3 is 6.03 Å². The number of carbonyl (C=O) groups excluding carboxylic acids is 1. The van der Waals surface area contributed by atoms with Crippen LogP contribution in [0.1, 0.15) is 11.1 Å². The lowest BCUT2D eigenvalue weighted by atomic mass is 10.2. The Balaban J connectivity index is 1.90. The van der Waals surface area contributed by atoms with Crippen molar-refractivity contribution in [3.63, 3.8) is 0 Å². The van der Waals surface area contributed by atoms with Gasteiger partial charge in [0.25, 0.3) is 10.0 Å². The summed E-state index contributed by atoms with van der Waals surface area (Å²) in [6, 6.07) is 17.7. The molecule has 0 saturated carbocycles. The van der Waals surface area contributed by atoms with Crippen molar-refractivity contribution in [1.29, 1.82) is 0 Å². The second kappa shape index (κ2) is 7.37. The molecule has 3 aromatic rings. The van der Waals surface area contributed by atoms with Crippen molar-refractivity contribution in [2.75, 3.05) is 9.21 Å². The number of aryl methyl sites for hydroxylation is 1. The van der Waals surface area contributed by atoms with Crippen molar-refractivity contribution in [2.45, 2.75) is 18.4 Å². The van der Waals surface area contributed by atoms with Crippen molar-refractivity contribution in [2.24, 2.45) is 0 Å². The number of benzene rings is 3. The summed E-state index contributed by atoms with van der Waals surface area (Å²) in [6.07, 6.45) is 0. The molecule has 0 saturated heterocycles. The van der Waals surface area contributed by atoms with E-state index >= 15 is 0 Å². The zero-order chi connectivity index (χ0) is 20.8. The standard InChI is InChI=1S/C21H16Cl2N2O3S/c1-14-9-10-17(23)12-19(14)25-21(26)24(13-15-5-4-6-16(22)11-15)18-7-2-3-8-20(18)29(25,27)28/h2-12H,13H2,1H3. The second-order valence-electron chi connectivity index (χ2n) is 6.67. The van der Waals surface area contributed by atoms with Gasteiger partial charge in [-0.1, -0.05) is 53.5 Å². The van der Waals surface area contributed by atoms with Crippen LogP contribution in [0.5, 0.6) is 0 Å². The van der Waals surface area contributed by atoms with E-state index in [0.717, 1.165) is 9.87 Å². The average molecular weight is 447 g/mol. The summed E-state index contributed by atoms with van der Waals surface area (Å²) in [6.45, 7) is 1.90. The molecule has 0 unspecified atom stereocenters. The van der Waals surface area contributed by atoms with Gasteiger partial charge in [-0.2, -0.15) is 4.31 Å². The first-order chi connectivity index (χ1) is 13.8. The number of urea groups is 1. The maximum absolute atomic E-state index is 13.5. The largest absolute Gasteiger partial charge is 0.343 e. The molecule has 0 radical (unpaired) electrons. The molecule has 0 bridgehead atoms. The quantitative estimate of drug-likeness (QED) is 0.522. The monoisotopic (exact) mass is 446 g/mol. The molecule has 0 aliphatic carbocycles. The highest BCUT2D eigenvalue weighted by Gasteiger charge is 2.43. The minimum atomic E-state index is -4.10. The van der Waals surface area contributed by atoms with Crippen molar-refractivity contribution < 1.29 is 13.2 Å². The fourth-order valence-corrected chi connectivity index (χ4v) is 5.35. The number of hydrogen-bond donors (Lipinski definition) is 0. The molecule has 0 fully saturated rings. The van der Waals surface area contributed by atoms with E-state index in [4.69, 9.17) is 23.2 Å². The lowest BCUT2D eigenvalue weighted by Crippen LogP contribution is -2.51. The van der Waals surface area contributed by atoms with Crippen LogP contribution in [0.15, 0.2) is 71.6 Å². The SMILES string of the molecule is Cc1ccc(Cl)cc1N1C(=O)N(Cc2cccc(Cl)c2)c2ccccc2S1(=O)=O. The van der Waals surface area contributed by atoms with Crippen LogP contribution < -0.4 is 9.21 Å². The average Bonchev–Trinajstić information content (AvgIpc) is 2.68. The third-order valence-corrected chi connectivity index (χ3v) is 6.90. The summed E-state index contributed by atoms with van der Waals surface area (Å²) in [7, 11) is -4.10. The van der Waals surface area contributed by atoms with E-state index in [-0.39, 0.29) is 17.1 Å². The number of rotatable bonds is 3. The Hall–Kier alpha value is -2.54. The number of anilines is 2. The van der Waals surface area contributed by atoms with E-state index in [1.807, 2.05) is 6.07 Å². The molecule has 148 valence electrons. The van der Waals surface area contributed by atoms with Gasteiger partial charge in [0.1, 0.15) is 4.90 Å². The molecule has 1 heterocycles. The Morgan fingerprint density at radius 3 is 2.34 bits per heavy atom. The van der Waals surface area contributed by atoms with Gasteiger partial charge < -0.3 is 0 Å². The number of sulfonamides is 1. The summed E-state index contributed by atoms with van der Waals surface area (Å²) in [4.78, 5) is 14.9. The van der Waals surface area contributed by atoms with Crippen molar-refractivity contribution in [3.05, 3.63) is 87.9 Å². The molecule has 8 heteroatoms. The van der Waals surface area contributed by atoms with Crippen LogP contribution in [-0.4, -0.2) is 14.4 Å². The van der Waals surface area contributed by atoms with Crippen LogP contribution in [0.4, 0.5) is 16.2 Å². The number of para-hydroxylation sites is 1. The predicted octanol–water partition coefficient (Wildman–Crippen LogP) is 5.64. The maximum atomic E-state index is 13.5. The normalized spacial score (nSPS) is 15.3. The molecule has 4 rings (SSSR count). The molecule has 29 heavy (non-hydrogen) atoms. The van der Waals surface area contributed by atoms with Crippen molar-refractivity contribution in [3.8, 4) is 0 Å². The molecule has 1 aliphatic heterocycles. The fourth-order valence-electron chi connectivity index (χ4n) is 3.32. The minimum absolute atomic E-state index is 0.0565. The van der Waals surface area contributed by atoms with Crippen LogP contribution >= 0.6 is 23.2 Å². The maximum Gasteiger partial charge on any atom is 0.343 e. The molecule has 2 amide bonds. The van der Waals surface area contributed by atoms with Gasteiger partial charge in [0, 0.05) is 10.0 Å². The van der Waals surface area contributed by atoms with Crippen LogP contribution in [0.25, 0.3) is 0 Å². The summed E-state index contributed by atoms with van der Waals surface area (Å²) in [5.74, 6) is 0. The Morgan fingerprint density at radius 2 is 1.59 bits per heavy atom. The van der Waals surface area contributed by atoms with Gasteiger partial charge in [0.05, 0.1) is 17.9 Å². The summed E-state index contributed by atoms with van der Waals surface area (Å²) in [5.41, 5.74) is 1.96. The molecule has 0 spiro atoms. The molecular formula is C21H16Cl2N2O3S. The zero-order valence-corrected chi connectivity index (χ0v) is 17.7. The van der Waals surface area contributed by atoms with Gasteiger partial charge in [-0.15, -0.1) is 0 Å². The Labute approximate surface area is 179 Å². The summed E-state index contributed by atoms with van der Waals surface area (Å²) >= 11 is 12.2. The Morgan fingerprint density at radius 1 is 0.862 bits per heavy atom. The van der Waals surface area contributed by atoms with Crippen molar-refractivity contribution in [1.82, 2.24) is 0 Å². The number of nitrogens with zero attached hydrogens (tertiary/aromatic N) is 2. The van der Waals surface area contributed by atoms with Crippen LogP contribution in [0.3, 0.4) is 0 Å². The lowest BCUT2D eigenvalue weighted by Gasteiger charge is -2.36. The van der Waals surface area contributed by atoms with E-state index in [9.17, 15) is 13.2 Å². The first-order valence-electron chi connectivity index (χ1n) is 8.75. The number of halogens is 2. The van der Waals surface area contributed by atoms with E-state index in [1.54, 1.807) is 55.5 Å². The molecule has 0 atom stereocenters. The third kappa shape index (κ3) is 3.48. The van der Waals surface area contributed by atoms with E-state index in [1.165, 1.54) is 17.0 Å². The molecular weight excluding hydrogens is 431 g/mol. The molecule has 0 N–H and O–H groups in total. The van der Waals surface area contributed by atoms with E-state index < -0.39 is 16.1 Å². The summed E-state index contributed by atoms with van der Waals surface area (Å²) < 4.78 is 27.5. The van der Waals surface area contributed by atoms with Crippen LogP contribution in [-0.2, 0) is 16.6 Å². The van der Waals surface area contributed by atoms with Gasteiger partial charge in [-0.25, -0.2) is 13.2 Å². The molecule has 3 aromatic carbocycles. The smallest absolute Gasteiger partial charge is 0.287 e. The van der Waals surface area contributed by atoms with Gasteiger partial charge in [-0.3, -0.25) is 4.90 Å². The minimum Gasteiger partial charge on any atom is -0.287 e. The van der Waals surface area contributed by atoms with Crippen molar-refractivity contribution >= 4 is 50.6 Å². The highest BCUT2D eigenvalue weighted by Crippen LogP contribution is 2.39. The topological polar surface area (TPSA) is 57.7 Å². The summed E-state index contributed by atoms with van der Waals surface area (Å²) in [5, 5.41) is 0.879. The highest BCUT2D eigenvalue weighted by molar-refractivity contribution is 7.94. The van der Waals surface area contributed by atoms with E-state index in [2.05, 4.69) is 0 Å². The zero-order valence-electron chi connectivity index (χ0n) is 15.3. The molecule has 1 aliphatic rings. The highest BCUT2D eigenvalue weighted by atomic mass is 35.5. The third-order valence-electron chi connectivity index (χ3n) is 4.70. The first-order valence-corrected chi connectivity index (χ1v) is 10.9. The van der Waals surface area contributed by atoms with Gasteiger partial charge in [-0.05, 0) is 54.4 Å².